The minimum absolute atomic E-state index is 0.00695. The second-order valence-electron chi connectivity index (χ2n) is 5.37. The van der Waals surface area contributed by atoms with E-state index in [1.165, 1.54) is 29.0 Å². The fourth-order valence-corrected chi connectivity index (χ4v) is 3.86. The molecule has 2 aromatic heterocycles. The van der Waals surface area contributed by atoms with Crippen molar-refractivity contribution >= 4 is 33.1 Å². The fourth-order valence-electron chi connectivity index (χ4n) is 2.77. The van der Waals surface area contributed by atoms with E-state index in [2.05, 4.69) is 13.0 Å². The maximum atomic E-state index is 12.4. The number of nitrogens with zero attached hydrogens (tertiary/aromatic N) is 2. The van der Waals surface area contributed by atoms with Crippen LogP contribution in [0.3, 0.4) is 0 Å². The molecule has 3 rings (SSSR count). The minimum atomic E-state index is 0.00695. The maximum absolute atomic E-state index is 12.4. The summed E-state index contributed by atoms with van der Waals surface area (Å²) in [4.78, 5) is 20.4. The zero-order chi connectivity index (χ0) is 14.3. The van der Waals surface area contributed by atoms with Gasteiger partial charge in [0, 0.05) is 24.7 Å². The van der Waals surface area contributed by atoms with Crippen LogP contribution in [0.25, 0.3) is 10.2 Å². The van der Waals surface area contributed by atoms with Crippen LogP contribution in [0.15, 0.2) is 6.07 Å². The van der Waals surface area contributed by atoms with Crippen LogP contribution in [0.4, 0.5) is 5.69 Å². The molecule has 0 bridgehead atoms. The molecular formula is C15H19N3OS. The number of amides is 1. The van der Waals surface area contributed by atoms with Crippen molar-refractivity contribution in [1.82, 2.24) is 9.88 Å². The number of aromatic nitrogens is 1. The van der Waals surface area contributed by atoms with Crippen LogP contribution in [0.5, 0.6) is 0 Å². The van der Waals surface area contributed by atoms with E-state index in [1.54, 1.807) is 4.90 Å². The number of anilines is 1. The van der Waals surface area contributed by atoms with Crippen LogP contribution in [0.2, 0.25) is 0 Å². The third-order valence-electron chi connectivity index (χ3n) is 3.85. The van der Waals surface area contributed by atoms with Gasteiger partial charge in [0.15, 0.2) is 0 Å². The molecule has 0 aliphatic heterocycles. The van der Waals surface area contributed by atoms with E-state index in [-0.39, 0.29) is 5.91 Å². The van der Waals surface area contributed by atoms with Crippen molar-refractivity contribution in [3.63, 3.8) is 0 Å². The lowest BCUT2D eigenvalue weighted by molar-refractivity contribution is 0.0801. The number of rotatable bonds is 3. The Hall–Kier alpha value is -1.62. The highest BCUT2D eigenvalue weighted by atomic mass is 32.1. The lowest BCUT2D eigenvalue weighted by Crippen LogP contribution is -2.27. The normalized spacial score (nSPS) is 13.7. The molecule has 0 fully saturated rings. The molecule has 0 aromatic carbocycles. The molecule has 2 heterocycles. The molecule has 20 heavy (non-hydrogen) atoms. The molecule has 5 heteroatoms. The van der Waals surface area contributed by atoms with Gasteiger partial charge < -0.3 is 10.6 Å². The first-order valence-electron chi connectivity index (χ1n) is 7.08. The van der Waals surface area contributed by atoms with Gasteiger partial charge in [0.25, 0.3) is 5.91 Å². The average Bonchev–Trinajstić information content (AvgIpc) is 3.01. The molecule has 0 unspecified atom stereocenters. The van der Waals surface area contributed by atoms with Crippen LogP contribution in [-0.2, 0) is 12.8 Å². The number of thiophene rings is 1. The maximum Gasteiger partial charge on any atom is 0.265 e. The standard InChI is InChI=1S/C15H19N3OS/c1-3-7-18(2)15(19)13-12(16)10-8-9-5-4-6-11(9)17-14(10)20-13/h8H,3-7,16H2,1-2H3. The third kappa shape index (κ3) is 2.06. The predicted octanol–water partition coefficient (Wildman–Crippen LogP) is 2.85. The van der Waals surface area contributed by atoms with Crippen LogP contribution < -0.4 is 5.73 Å². The molecule has 0 radical (unpaired) electrons. The van der Waals surface area contributed by atoms with Crippen molar-refractivity contribution in [2.45, 2.75) is 32.6 Å². The number of carbonyl (C=O) groups is 1. The van der Waals surface area contributed by atoms with Crippen LogP contribution in [0, 0.1) is 0 Å². The molecule has 2 N–H and O–H groups in total. The van der Waals surface area contributed by atoms with Crippen LogP contribution in [0.1, 0.15) is 40.7 Å². The highest BCUT2D eigenvalue weighted by Crippen LogP contribution is 2.36. The van der Waals surface area contributed by atoms with Gasteiger partial charge >= 0.3 is 0 Å². The number of hydrogen-bond donors (Lipinski definition) is 1. The van der Waals surface area contributed by atoms with E-state index in [0.717, 1.165) is 36.0 Å². The molecule has 4 nitrogen and oxygen atoms in total. The third-order valence-corrected chi connectivity index (χ3v) is 4.95. The summed E-state index contributed by atoms with van der Waals surface area (Å²) in [6.45, 7) is 2.81. The molecule has 2 aromatic rings. The Morgan fingerprint density at radius 2 is 2.30 bits per heavy atom. The first kappa shape index (κ1) is 13.4. The lowest BCUT2D eigenvalue weighted by Gasteiger charge is -2.15. The summed E-state index contributed by atoms with van der Waals surface area (Å²) >= 11 is 1.42. The Morgan fingerprint density at radius 3 is 3.05 bits per heavy atom. The molecule has 0 spiro atoms. The number of nitrogen functional groups attached to an aromatic ring is 1. The van der Waals surface area contributed by atoms with Gasteiger partial charge in [-0.15, -0.1) is 11.3 Å². The van der Waals surface area contributed by atoms with E-state index in [9.17, 15) is 4.79 Å². The zero-order valence-electron chi connectivity index (χ0n) is 11.9. The van der Waals surface area contributed by atoms with Crippen LogP contribution >= 0.6 is 11.3 Å². The summed E-state index contributed by atoms with van der Waals surface area (Å²) in [6, 6.07) is 2.13. The van der Waals surface area contributed by atoms with E-state index >= 15 is 0 Å². The fraction of sp³-hybridized carbons (Fsp3) is 0.467. The van der Waals surface area contributed by atoms with Crippen LogP contribution in [-0.4, -0.2) is 29.4 Å². The largest absolute Gasteiger partial charge is 0.397 e. The second kappa shape index (κ2) is 5.05. The molecule has 0 saturated carbocycles. The second-order valence-corrected chi connectivity index (χ2v) is 6.37. The number of fused-ring (bicyclic) bond motifs is 2. The summed E-state index contributed by atoms with van der Waals surface area (Å²) in [6.07, 6.45) is 4.23. The zero-order valence-corrected chi connectivity index (χ0v) is 12.7. The van der Waals surface area contributed by atoms with Gasteiger partial charge in [0.05, 0.1) is 5.69 Å². The first-order valence-corrected chi connectivity index (χ1v) is 7.89. The van der Waals surface area contributed by atoms with E-state index < -0.39 is 0 Å². The number of hydrogen-bond acceptors (Lipinski definition) is 4. The van der Waals surface area contributed by atoms with E-state index in [0.29, 0.717) is 10.6 Å². The lowest BCUT2D eigenvalue weighted by atomic mass is 10.1. The van der Waals surface area contributed by atoms with Gasteiger partial charge in [-0.25, -0.2) is 4.98 Å². The van der Waals surface area contributed by atoms with Crippen molar-refractivity contribution < 1.29 is 4.79 Å². The van der Waals surface area contributed by atoms with Crippen molar-refractivity contribution in [1.29, 1.82) is 0 Å². The number of carbonyl (C=O) groups excluding carboxylic acids is 1. The first-order chi connectivity index (χ1) is 9.61. The Balaban J connectivity index is 2.05. The summed E-state index contributed by atoms with van der Waals surface area (Å²) in [5, 5.41) is 0.948. The molecule has 1 aliphatic carbocycles. The van der Waals surface area contributed by atoms with Gasteiger partial charge in [-0.3, -0.25) is 4.79 Å². The van der Waals surface area contributed by atoms with Gasteiger partial charge in [0.2, 0.25) is 0 Å². The smallest absolute Gasteiger partial charge is 0.265 e. The molecule has 1 amide bonds. The van der Waals surface area contributed by atoms with E-state index in [4.69, 9.17) is 10.7 Å². The average molecular weight is 289 g/mol. The van der Waals surface area contributed by atoms with Gasteiger partial charge in [-0.2, -0.15) is 0 Å². The van der Waals surface area contributed by atoms with Gasteiger partial charge in [-0.05, 0) is 37.3 Å². The SMILES string of the molecule is CCCN(C)C(=O)c1sc2nc3c(cc2c1N)CCC3. The molecule has 0 saturated heterocycles. The van der Waals surface area contributed by atoms with Crippen molar-refractivity contribution in [3.8, 4) is 0 Å². The monoisotopic (exact) mass is 289 g/mol. The Morgan fingerprint density at radius 1 is 1.50 bits per heavy atom. The topological polar surface area (TPSA) is 59.2 Å². The quantitative estimate of drug-likeness (QED) is 0.945. The molecule has 0 atom stereocenters. The summed E-state index contributed by atoms with van der Waals surface area (Å²) in [5.41, 5.74) is 9.26. The van der Waals surface area contributed by atoms with Crippen molar-refractivity contribution in [3.05, 3.63) is 22.2 Å². The number of pyridine rings is 1. The highest BCUT2D eigenvalue weighted by Gasteiger charge is 2.22. The Kier molecular flexibility index (Phi) is 3.38. The summed E-state index contributed by atoms with van der Waals surface area (Å²) < 4.78 is 0. The summed E-state index contributed by atoms with van der Waals surface area (Å²) in [5.74, 6) is 0.00695. The van der Waals surface area contributed by atoms with Crippen molar-refractivity contribution in [2.24, 2.45) is 0 Å². The Labute approximate surface area is 122 Å². The van der Waals surface area contributed by atoms with E-state index in [1.807, 2.05) is 7.05 Å². The van der Waals surface area contributed by atoms with Gasteiger partial charge in [0.1, 0.15) is 9.71 Å². The van der Waals surface area contributed by atoms with Gasteiger partial charge in [-0.1, -0.05) is 6.92 Å². The minimum Gasteiger partial charge on any atom is -0.397 e. The number of nitrogens with two attached hydrogens (primary N) is 1. The van der Waals surface area contributed by atoms with Crippen molar-refractivity contribution in [2.75, 3.05) is 19.3 Å². The highest BCUT2D eigenvalue weighted by molar-refractivity contribution is 7.21. The Bertz CT molecular complexity index is 677. The molecular weight excluding hydrogens is 270 g/mol. The predicted molar refractivity (Wildman–Crippen MR) is 83.3 cm³/mol. The number of aryl methyl sites for hydroxylation is 2. The molecule has 1 aliphatic rings. The molecule has 106 valence electrons. The summed E-state index contributed by atoms with van der Waals surface area (Å²) in [7, 11) is 1.82.